The highest BCUT2D eigenvalue weighted by atomic mass is 32.1. The van der Waals surface area contributed by atoms with Crippen LogP contribution < -0.4 is 5.73 Å². The number of hydrogen-bond acceptors (Lipinski definition) is 5. The lowest BCUT2D eigenvalue weighted by atomic mass is 10.0. The van der Waals surface area contributed by atoms with E-state index in [9.17, 15) is 5.26 Å². The molecular weight excluding hydrogens is 268 g/mol. The van der Waals surface area contributed by atoms with Gasteiger partial charge in [-0.25, -0.2) is 9.97 Å². The van der Waals surface area contributed by atoms with E-state index in [0.717, 1.165) is 16.0 Å². The third-order valence-electron chi connectivity index (χ3n) is 2.88. The van der Waals surface area contributed by atoms with Crippen molar-refractivity contribution in [3.63, 3.8) is 0 Å². The topological polar surface area (TPSA) is 75.6 Å². The molecule has 5 heteroatoms. The normalized spacial score (nSPS) is 10.2. The molecule has 0 unspecified atom stereocenters. The smallest absolute Gasteiger partial charge is 0.170 e. The van der Waals surface area contributed by atoms with Gasteiger partial charge in [0, 0.05) is 18.0 Å². The number of anilines is 1. The summed E-state index contributed by atoms with van der Waals surface area (Å²) in [5.41, 5.74) is 8.40. The van der Waals surface area contributed by atoms with E-state index in [-0.39, 0.29) is 0 Å². The maximum Gasteiger partial charge on any atom is 0.170 e. The minimum atomic E-state index is 0.492. The van der Waals surface area contributed by atoms with Crippen molar-refractivity contribution in [3.05, 3.63) is 53.7 Å². The van der Waals surface area contributed by atoms with Gasteiger partial charge in [0.25, 0.3) is 0 Å². The van der Waals surface area contributed by atoms with Crippen molar-refractivity contribution >= 4 is 17.0 Å². The average molecular weight is 278 g/mol. The summed E-state index contributed by atoms with van der Waals surface area (Å²) in [4.78, 5) is 9.83. The van der Waals surface area contributed by atoms with Gasteiger partial charge in [-0.05, 0) is 11.6 Å². The van der Waals surface area contributed by atoms with E-state index in [1.807, 2.05) is 30.3 Å². The Hall–Kier alpha value is -2.71. The van der Waals surface area contributed by atoms with Crippen molar-refractivity contribution < 1.29 is 0 Å². The molecule has 0 saturated carbocycles. The fourth-order valence-corrected chi connectivity index (χ4v) is 2.98. The fourth-order valence-electron chi connectivity index (χ4n) is 1.99. The molecule has 0 saturated heterocycles. The minimum Gasteiger partial charge on any atom is -0.396 e. The molecule has 20 heavy (non-hydrogen) atoms. The Bertz CT molecular complexity index is 773. The monoisotopic (exact) mass is 278 g/mol. The van der Waals surface area contributed by atoms with Crippen LogP contribution in [-0.4, -0.2) is 9.97 Å². The highest BCUT2D eigenvalue weighted by molar-refractivity contribution is 7.17. The summed E-state index contributed by atoms with van der Waals surface area (Å²) >= 11 is 1.32. The molecular formula is C15H10N4S. The van der Waals surface area contributed by atoms with Gasteiger partial charge >= 0.3 is 0 Å². The Morgan fingerprint density at radius 1 is 1.05 bits per heavy atom. The molecule has 1 aromatic carbocycles. The Morgan fingerprint density at radius 3 is 2.40 bits per heavy atom. The quantitative estimate of drug-likeness (QED) is 0.780. The maximum atomic E-state index is 9.19. The van der Waals surface area contributed by atoms with E-state index in [4.69, 9.17) is 5.73 Å². The second-order valence-electron chi connectivity index (χ2n) is 4.10. The Balaban J connectivity index is 2.28. The van der Waals surface area contributed by atoms with E-state index in [1.54, 1.807) is 18.5 Å². The molecule has 0 bridgehead atoms. The van der Waals surface area contributed by atoms with Gasteiger partial charge in [-0.3, -0.25) is 0 Å². The van der Waals surface area contributed by atoms with Crippen LogP contribution in [0.4, 0.5) is 5.69 Å². The Labute approximate surface area is 120 Å². The van der Waals surface area contributed by atoms with Crippen LogP contribution in [0.3, 0.4) is 0 Å². The van der Waals surface area contributed by atoms with Gasteiger partial charge in [0.15, 0.2) is 5.82 Å². The van der Waals surface area contributed by atoms with E-state index < -0.39 is 0 Å². The van der Waals surface area contributed by atoms with Crippen molar-refractivity contribution in [2.45, 2.75) is 0 Å². The van der Waals surface area contributed by atoms with Crippen molar-refractivity contribution in [1.82, 2.24) is 9.97 Å². The van der Waals surface area contributed by atoms with Gasteiger partial charge in [-0.2, -0.15) is 5.26 Å². The summed E-state index contributed by atoms with van der Waals surface area (Å²) in [6.45, 7) is 0. The first-order valence-electron chi connectivity index (χ1n) is 5.96. The molecule has 2 heterocycles. The van der Waals surface area contributed by atoms with E-state index in [1.165, 1.54) is 11.3 Å². The molecule has 0 aliphatic carbocycles. The van der Waals surface area contributed by atoms with Crippen LogP contribution in [0.2, 0.25) is 0 Å². The Kier molecular flexibility index (Phi) is 3.15. The van der Waals surface area contributed by atoms with Gasteiger partial charge in [0.2, 0.25) is 0 Å². The summed E-state index contributed by atoms with van der Waals surface area (Å²) in [5.74, 6) is 0.588. The molecule has 2 aromatic heterocycles. The lowest BCUT2D eigenvalue weighted by Gasteiger charge is -2.04. The van der Waals surface area contributed by atoms with Gasteiger partial charge in [0.1, 0.15) is 10.9 Å². The van der Waals surface area contributed by atoms with Crippen molar-refractivity contribution in [2.24, 2.45) is 0 Å². The van der Waals surface area contributed by atoms with Gasteiger partial charge < -0.3 is 5.73 Å². The molecule has 0 fully saturated rings. The predicted octanol–water partition coefficient (Wildman–Crippen LogP) is 3.33. The van der Waals surface area contributed by atoms with Gasteiger partial charge in [-0.15, -0.1) is 11.3 Å². The van der Waals surface area contributed by atoms with E-state index in [0.29, 0.717) is 16.4 Å². The molecule has 3 rings (SSSR count). The largest absolute Gasteiger partial charge is 0.396 e. The number of nitrogens with zero attached hydrogens (tertiary/aromatic N) is 3. The van der Waals surface area contributed by atoms with Crippen molar-refractivity contribution in [3.8, 4) is 27.9 Å². The fraction of sp³-hybridized carbons (Fsp3) is 0. The molecule has 96 valence electrons. The zero-order valence-corrected chi connectivity index (χ0v) is 11.3. The minimum absolute atomic E-state index is 0.492. The van der Waals surface area contributed by atoms with E-state index in [2.05, 4.69) is 16.0 Å². The zero-order valence-electron chi connectivity index (χ0n) is 10.4. The van der Waals surface area contributed by atoms with Crippen LogP contribution in [-0.2, 0) is 0 Å². The van der Waals surface area contributed by atoms with Crippen LogP contribution in [0.5, 0.6) is 0 Å². The number of rotatable bonds is 2. The molecule has 0 atom stereocenters. The number of hydrogen-bond donors (Lipinski definition) is 1. The number of thiophene rings is 1. The van der Waals surface area contributed by atoms with Gasteiger partial charge in [-0.1, -0.05) is 30.3 Å². The molecule has 0 aliphatic rings. The number of benzene rings is 1. The van der Waals surface area contributed by atoms with Gasteiger partial charge in [0.05, 0.1) is 10.6 Å². The highest BCUT2D eigenvalue weighted by Crippen LogP contribution is 2.43. The van der Waals surface area contributed by atoms with Crippen molar-refractivity contribution in [2.75, 3.05) is 5.73 Å². The van der Waals surface area contributed by atoms with Crippen LogP contribution in [0.25, 0.3) is 21.8 Å². The number of nitrogen functional groups attached to an aromatic ring is 1. The summed E-state index contributed by atoms with van der Waals surface area (Å²) in [7, 11) is 0. The van der Waals surface area contributed by atoms with E-state index >= 15 is 0 Å². The van der Waals surface area contributed by atoms with Crippen LogP contribution in [0.1, 0.15) is 4.88 Å². The molecule has 0 aliphatic heterocycles. The Morgan fingerprint density at radius 2 is 1.75 bits per heavy atom. The number of nitriles is 1. The molecule has 0 radical (unpaired) electrons. The first kappa shape index (κ1) is 12.3. The average Bonchev–Trinajstić information content (AvgIpc) is 2.86. The second-order valence-corrected chi connectivity index (χ2v) is 5.12. The standard InChI is InChI=1S/C15H10N4S/c16-9-11-13(17)12(10-5-2-1-3-6-10)14(20-11)15-18-7-4-8-19-15/h1-8H,17H2. The molecule has 3 aromatic rings. The molecule has 2 N–H and O–H groups in total. The number of nitrogens with two attached hydrogens (primary N) is 1. The molecule has 4 nitrogen and oxygen atoms in total. The van der Waals surface area contributed by atoms with Crippen molar-refractivity contribution in [1.29, 1.82) is 5.26 Å². The van der Waals surface area contributed by atoms with Crippen LogP contribution in [0.15, 0.2) is 48.8 Å². The summed E-state index contributed by atoms with van der Waals surface area (Å²) in [6.07, 6.45) is 3.36. The van der Waals surface area contributed by atoms with Crippen LogP contribution >= 0.6 is 11.3 Å². The second kappa shape index (κ2) is 5.11. The third-order valence-corrected chi connectivity index (χ3v) is 3.98. The summed E-state index contributed by atoms with van der Waals surface area (Å²) < 4.78 is 0. The first-order valence-corrected chi connectivity index (χ1v) is 6.78. The van der Waals surface area contributed by atoms with Crippen LogP contribution in [0, 0.1) is 11.3 Å². The SMILES string of the molecule is N#Cc1sc(-c2ncccn2)c(-c2ccccc2)c1N. The predicted molar refractivity (Wildman–Crippen MR) is 79.9 cm³/mol. The zero-order chi connectivity index (χ0) is 13.9. The molecule has 0 spiro atoms. The third kappa shape index (κ3) is 2.02. The lowest BCUT2D eigenvalue weighted by molar-refractivity contribution is 1.19. The lowest BCUT2D eigenvalue weighted by Crippen LogP contribution is -1.91. The highest BCUT2D eigenvalue weighted by Gasteiger charge is 2.19. The summed E-state index contributed by atoms with van der Waals surface area (Å²) in [5, 5.41) is 9.19. The maximum absolute atomic E-state index is 9.19. The molecule has 0 amide bonds. The first-order chi connectivity index (χ1) is 9.81. The summed E-state index contributed by atoms with van der Waals surface area (Å²) in [6, 6.07) is 13.6. The number of aromatic nitrogens is 2.